The highest BCUT2D eigenvalue weighted by atomic mass is 19.2. The van der Waals surface area contributed by atoms with Crippen molar-refractivity contribution in [2.75, 3.05) is 37.7 Å². The maximum absolute atomic E-state index is 13.4. The molecular weight excluding hydrogens is 242 g/mol. The summed E-state index contributed by atoms with van der Waals surface area (Å²) in [5.74, 6) is 1.29. The molecule has 0 bridgehead atoms. The van der Waals surface area contributed by atoms with E-state index in [1.165, 1.54) is 0 Å². The average molecular weight is 256 g/mol. The van der Waals surface area contributed by atoms with Crippen LogP contribution in [0.25, 0.3) is 0 Å². The Bertz CT molecular complexity index is 444. The van der Waals surface area contributed by atoms with E-state index in [0.29, 0.717) is 31.3 Å². The van der Waals surface area contributed by atoms with E-state index in [9.17, 15) is 8.87 Å². The molecule has 1 atom stereocenters. The number of para-hydroxylation sites is 1. The van der Waals surface area contributed by atoms with Crippen LogP contribution in [0.2, 0.25) is 0 Å². The Morgan fingerprint density at radius 1 is 1.17 bits per heavy atom. The first kappa shape index (κ1) is 11.5. The topological polar surface area (TPSA) is 24.9 Å². The molecule has 0 radical (unpaired) electrons. The maximum Gasteiger partial charge on any atom is 0.197 e. The number of fused-ring (bicyclic) bond motifs is 1. The summed E-state index contributed by atoms with van der Waals surface area (Å²) in [5.41, 5.74) is 0.767. The predicted molar refractivity (Wildman–Crippen MR) is 62.4 cm³/mol. The van der Waals surface area contributed by atoms with E-state index < -0.39 is 6.30 Å². The zero-order valence-corrected chi connectivity index (χ0v) is 9.81. The van der Waals surface area contributed by atoms with Crippen molar-refractivity contribution in [1.82, 2.24) is 5.12 Å². The Labute approximate surface area is 104 Å². The number of nitrogens with zero attached hydrogens (tertiary/aromatic N) is 2. The van der Waals surface area contributed by atoms with E-state index in [1.807, 2.05) is 18.2 Å². The Balaban J connectivity index is 1.88. The number of hydrogen-bond donors (Lipinski definition) is 0. The lowest BCUT2D eigenvalue weighted by Gasteiger charge is -2.35. The summed E-state index contributed by atoms with van der Waals surface area (Å²) in [6.45, 7) is 1.46. The third-order valence-electron chi connectivity index (χ3n) is 3.14. The fourth-order valence-corrected chi connectivity index (χ4v) is 2.24. The second-order valence-corrected chi connectivity index (χ2v) is 4.31. The molecule has 0 amide bonds. The SMILES string of the molecule is FC1CN(c2cccc3c2OCCO3)CCN1F. The van der Waals surface area contributed by atoms with E-state index in [4.69, 9.17) is 9.47 Å². The normalized spacial score (nSPS) is 24.1. The molecule has 1 saturated heterocycles. The van der Waals surface area contributed by atoms with Gasteiger partial charge in [-0.2, -0.15) is 0 Å². The van der Waals surface area contributed by atoms with E-state index in [0.717, 1.165) is 5.69 Å². The Morgan fingerprint density at radius 3 is 2.83 bits per heavy atom. The average Bonchev–Trinajstić information content (AvgIpc) is 2.41. The highest BCUT2D eigenvalue weighted by Gasteiger charge is 2.29. The first-order valence-corrected chi connectivity index (χ1v) is 5.96. The second-order valence-electron chi connectivity index (χ2n) is 4.31. The maximum atomic E-state index is 13.4. The third kappa shape index (κ3) is 1.96. The molecule has 1 aromatic carbocycles. The van der Waals surface area contributed by atoms with Crippen LogP contribution in [0.4, 0.5) is 14.6 Å². The minimum absolute atomic E-state index is 0.00366. The molecule has 0 saturated carbocycles. The van der Waals surface area contributed by atoms with E-state index in [2.05, 4.69) is 0 Å². The van der Waals surface area contributed by atoms with Crippen molar-refractivity contribution in [3.05, 3.63) is 18.2 Å². The summed E-state index contributed by atoms with van der Waals surface area (Å²) in [6, 6.07) is 5.49. The van der Waals surface area contributed by atoms with Crippen LogP contribution in [-0.4, -0.2) is 44.3 Å². The highest BCUT2D eigenvalue weighted by Crippen LogP contribution is 2.40. The van der Waals surface area contributed by atoms with Gasteiger partial charge < -0.3 is 14.4 Å². The van der Waals surface area contributed by atoms with Gasteiger partial charge in [0, 0.05) is 6.54 Å². The second kappa shape index (κ2) is 4.61. The number of benzene rings is 1. The van der Waals surface area contributed by atoms with Crippen molar-refractivity contribution in [3.8, 4) is 11.5 Å². The first-order valence-electron chi connectivity index (χ1n) is 5.96. The summed E-state index contributed by atoms with van der Waals surface area (Å²) < 4.78 is 37.4. The van der Waals surface area contributed by atoms with Crippen LogP contribution in [0.15, 0.2) is 18.2 Å². The predicted octanol–water partition coefficient (Wildman–Crippen LogP) is 1.76. The standard InChI is InChI=1S/C12H14F2N2O2/c13-11-8-15(4-5-16(11)14)9-2-1-3-10-12(9)18-7-6-17-10/h1-3,11H,4-8H2. The van der Waals surface area contributed by atoms with Crippen LogP contribution < -0.4 is 14.4 Å². The van der Waals surface area contributed by atoms with Gasteiger partial charge in [-0.25, -0.2) is 4.39 Å². The van der Waals surface area contributed by atoms with E-state index in [1.54, 1.807) is 4.90 Å². The van der Waals surface area contributed by atoms with Crippen LogP contribution in [0, 0.1) is 0 Å². The minimum Gasteiger partial charge on any atom is -0.486 e. The van der Waals surface area contributed by atoms with Gasteiger partial charge in [0.2, 0.25) is 0 Å². The van der Waals surface area contributed by atoms with Gasteiger partial charge in [0.25, 0.3) is 0 Å². The monoisotopic (exact) mass is 256 g/mol. The molecule has 98 valence electrons. The van der Waals surface area contributed by atoms with Crippen molar-refractivity contribution in [2.24, 2.45) is 0 Å². The highest BCUT2D eigenvalue weighted by molar-refractivity contribution is 5.65. The van der Waals surface area contributed by atoms with Crippen molar-refractivity contribution in [3.63, 3.8) is 0 Å². The van der Waals surface area contributed by atoms with Crippen LogP contribution in [0.3, 0.4) is 0 Å². The third-order valence-corrected chi connectivity index (χ3v) is 3.14. The Hall–Kier alpha value is -1.56. The molecule has 1 fully saturated rings. The number of alkyl halides is 1. The number of anilines is 1. The summed E-state index contributed by atoms with van der Waals surface area (Å²) in [5, 5.41) is 0.225. The van der Waals surface area contributed by atoms with Crippen molar-refractivity contribution in [2.45, 2.75) is 6.30 Å². The molecule has 18 heavy (non-hydrogen) atoms. The number of rotatable bonds is 1. The van der Waals surface area contributed by atoms with E-state index in [-0.39, 0.29) is 18.2 Å². The lowest BCUT2D eigenvalue weighted by molar-refractivity contribution is -0.0852. The lowest BCUT2D eigenvalue weighted by atomic mass is 10.2. The molecule has 1 aromatic rings. The van der Waals surface area contributed by atoms with E-state index >= 15 is 0 Å². The van der Waals surface area contributed by atoms with Gasteiger partial charge in [-0.1, -0.05) is 6.07 Å². The van der Waals surface area contributed by atoms with Crippen LogP contribution in [-0.2, 0) is 0 Å². The Morgan fingerprint density at radius 2 is 2.00 bits per heavy atom. The van der Waals surface area contributed by atoms with Gasteiger partial charge in [0.1, 0.15) is 13.2 Å². The van der Waals surface area contributed by atoms with Crippen molar-refractivity contribution in [1.29, 1.82) is 0 Å². The molecule has 6 heteroatoms. The fraction of sp³-hybridized carbons (Fsp3) is 0.500. The number of halogens is 2. The molecule has 2 aliphatic rings. The molecule has 2 aliphatic heterocycles. The van der Waals surface area contributed by atoms with Gasteiger partial charge in [-0.15, -0.1) is 9.60 Å². The Kier molecular flexibility index (Phi) is 2.95. The number of hydrogen-bond acceptors (Lipinski definition) is 4. The number of ether oxygens (including phenoxy) is 2. The smallest absolute Gasteiger partial charge is 0.197 e. The lowest BCUT2D eigenvalue weighted by Crippen LogP contribution is -2.48. The minimum atomic E-state index is -1.60. The molecule has 0 spiro atoms. The molecular formula is C12H14F2N2O2. The molecule has 3 rings (SSSR count). The largest absolute Gasteiger partial charge is 0.486 e. The van der Waals surface area contributed by atoms with Crippen LogP contribution in [0.1, 0.15) is 0 Å². The van der Waals surface area contributed by atoms with Gasteiger partial charge in [-0.3, -0.25) is 0 Å². The zero-order valence-electron chi connectivity index (χ0n) is 9.81. The summed E-state index contributed by atoms with van der Waals surface area (Å²) in [4.78, 5) is 1.79. The summed E-state index contributed by atoms with van der Waals surface area (Å²) in [7, 11) is 0. The van der Waals surface area contributed by atoms with Crippen LogP contribution >= 0.6 is 0 Å². The van der Waals surface area contributed by atoms with Crippen molar-refractivity contribution >= 4 is 5.69 Å². The van der Waals surface area contributed by atoms with Gasteiger partial charge in [0.15, 0.2) is 17.8 Å². The molecule has 0 aromatic heterocycles. The molecule has 4 nitrogen and oxygen atoms in total. The van der Waals surface area contributed by atoms with Crippen LogP contribution in [0.5, 0.6) is 11.5 Å². The van der Waals surface area contributed by atoms with Crippen molar-refractivity contribution < 1.29 is 18.3 Å². The molecule has 0 aliphatic carbocycles. The zero-order chi connectivity index (χ0) is 12.5. The summed E-state index contributed by atoms with van der Waals surface area (Å²) in [6.07, 6.45) is -1.60. The summed E-state index contributed by atoms with van der Waals surface area (Å²) >= 11 is 0. The molecule has 1 unspecified atom stereocenters. The molecule has 0 N–H and O–H groups in total. The van der Waals surface area contributed by atoms with Gasteiger partial charge in [-0.05, 0) is 12.1 Å². The number of piperazine rings is 1. The fourth-order valence-electron chi connectivity index (χ4n) is 2.24. The van der Waals surface area contributed by atoms with Gasteiger partial charge >= 0.3 is 0 Å². The first-order chi connectivity index (χ1) is 8.75. The molecule has 2 heterocycles. The quantitative estimate of drug-likeness (QED) is 0.564. The van der Waals surface area contributed by atoms with Gasteiger partial charge in [0.05, 0.1) is 18.8 Å².